The SMILES string of the molecule is COc1cc(NC(=O)C2(C(=O)N3CCCC3)CC2)cc(OC)c1OC. The van der Waals surface area contributed by atoms with Crippen molar-refractivity contribution in [3.05, 3.63) is 12.1 Å². The summed E-state index contributed by atoms with van der Waals surface area (Å²) in [5.41, 5.74) is -0.398. The second-order valence-corrected chi connectivity index (χ2v) is 6.45. The predicted molar refractivity (Wildman–Crippen MR) is 92.2 cm³/mol. The number of anilines is 1. The average molecular weight is 348 g/mol. The van der Waals surface area contributed by atoms with Gasteiger partial charge in [-0.15, -0.1) is 0 Å². The largest absolute Gasteiger partial charge is 0.493 e. The minimum atomic E-state index is -0.912. The number of benzene rings is 1. The second-order valence-electron chi connectivity index (χ2n) is 6.45. The van der Waals surface area contributed by atoms with Crippen LogP contribution in [0.1, 0.15) is 25.7 Å². The van der Waals surface area contributed by atoms with Crippen LogP contribution in [0.5, 0.6) is 17.2 Å². The number of hydrogen-bond donors (Lipinski definition) is 1. The lowest BCUT2D eigenvalue weighted by Crippen LogP contribution is -2.41. The third kappa shape index (κ3) is 3.10. The summed E-state index contributed by atoms with van der Waals surface area (Å²) in [4.78, 5) is 27.3. The van der Waals surface area contributed by atoms with Gasteiger partial charge in [0, 0.05) is 30.9 Å². The number of rotatable bonds is 6. The van der Waals surface area contributed by atoms with E-state index in [1.54, 1.807) is 12.1 Å². The number of carbonyl (C=O) groups is 2. The smallest absolute Gasteiger partial charge is 0.240 e. The summed E-state index contributed by atoms with van der Waals surface area (Å²) in [6, 6.07) is 3.32. The molecule has 136 valence electrons. The molecule has 0 spiro atoms. The van der Waals surface area contributed by atoms with Crippen molar-refractivity contribution in [3.63, 3.8) is 0 Å². The van der Waals surface area contributed by atoms with Crippen LogP contribution in [-0.2, 0) is 9.59 Å². The Kier molecular flexibility index (Phi) is 4.74. The lowest BCUT2D eigenvalue weighted by Gasteiger charge is -2.22. The van der Waals surface area contributed by atoms with Gasteiger partial charge in [0.15, 0.2) is 11.5 Å². The summed E-state index contributed by atoms with van der Waals surface area (Å²) in [6.45, 7) is 1.50. The van der Waals surface area contributed by atoms with Crippen molar-refractivity contribution in [1.82, 2.24) is 4.90 Å². The summed E-state index contributed by atoms with van der Waals surface area (Å²) in [6.07, 6.45) is 3.21. The summed E-state index contributed by atoms with van der Waals surface area (Å²) >= 11 is 0. The van der Waals surface area contributed by atoms with E-state index in [2.05, 4.69) is 5.32 Å². The molecular formula is C18H24N2O5. The van der Waals surface area contributed by atoms with Gasteiger partial charge in [0.2, 0.25) is 17.6 Å². The van der Waals surface area contributed by atoms with Gasteiger partial charge in [-0.2, -0.15) is 0 Å². The molecule has 1 aromatic rings. The highest BCUT2D eigenvalue weighted by atomic mass is 16.5. The van der Waals surface area contributed by atoms with Crippen molar-refractivity contribution in [2.75, 3.05) is 39.7 Å². The van der Waals surface area contributed by atoms with E-state index in [0.717, 1.165) is 25.9 Å². The molecule has 1 heterocycles. The van der Waals surface area contributed by atoms with Gasteiger partial charge in [0.25, 0.3) is 0 Å². The molecular weight excluding hydrogens is 324 g/mol. The number of ether oxygens (including phenoxy) is 3. The number of methoxy groups -OCH3 is 3. The van der Waals surface area contributed by atoms with E-state index in [-0.39, 0.29) is 11.8 Å². The zero-order valence-electron chi connectivity index (χ0n) is 14.9. The normalized spacial score (nSPS) is 17.8. The molecule has 7 nitrogen and oxygen atoms in total. The van der Waals surface area contributed by atoms with Crippen molar-refractivity contribution < 1.29 is 23.8 Å². The van der Waals surface area contributed by atoms with Crippen LogP contribution in [0.15, 0.2) is 12.1 Å². The summed E-state index contributed by atoms with van der Waals surface area (Å²) in [5.74, 6) is 1.05. The molecule has 7 heteroatoms. The van der Waals surface area contributed by atoms with Crippen LogP contribution in [0.2, 0.25) is 0 Å². The fourth-order valence-electron chi connectivity index (χ4n) is 3.29. The van der Waals surface area contributed by atoms with Crippen LogP contribution in [0.3, 0.4) is 0 Å². The Labute approximate surface area is 147 Å². The Balaban J connectivity index is 1.80. The van der Waals surface area contributed by atoms with E-state index in [9.17, 15) is 9.59 Å². The zero-order valence-corrected chi connectivity index (χ0v) is 14.9. The van der Waals surface area contributed by atoms with Gasteiger partial charge < -0.3 is 24.4 Å². The van der Waals surface area contributed by atoms with Crippen LogP contribution < -0.4 is 19.5 Å². The van der Waals surface area contributed by atoms with Crippen molar-refractivity contribution in [2.45, 2.75) is 25.7 Å². The van der Waals surface area contributed by atoms with E-state index in [0.29, 0.717) is 35.8 Å². The highest BCUT2D eigenvalue weighted by molar-refractivity contribution is 6.13. The molecule has 0 aromatic heterocycles. The highest BCUT2D eigenvalue weighted by Gasteiger charge is 2.58. The average Bonchev–Trinajstić information content (AvgIpc) is 3.27. The second kappa shape index (κ2) is 6.82. The van der Waals surface area contributed by atoms with Crippen LogP contribution in [0, 0.1) is 5.41 Å². The summed E-state index contributed by atoms with van der Waals surface area (Å²) in [5, 5.41) is 2.85. The first-order chi connectivity index (χ1) is 12.1. The Morgan fingerprint density at radius 1 is 1.00 bits per heavy atom. The van der Waals surface area contributed by atoms with Gasteiger partial charge in [0.05, 0.1) is 21.3 Å². The highest BCUT2D eigenvalue weighted by Crippen LogP contribution is 2.49. The first-order valence-corrected chi connectivity index (χ1v) is 8.46. The summed E-state index contributed by atoms with van der Waals surface area (Å²) < 4.78 is 15.9. The number of hydrogen-bond acceptors (Lipinski definition) is 5. The van der Waals surface area contributed by atoms with Crippen LogP contribution in [0.25, 0.3) is 0 Å². The minimum Gasteiger partial charge on any atom is -0.493 e. The zero-order chi connectivity index (χ0) is 18.0. The Morgan fingerprint density at radius 2 is 1.56 bits per heavy atom. The fourth-order valence-corrected chi connectivity index (χ4v) is 3.29. The predicted octanol–water partition coefficient (Wildman–Crippen LogP) is 2.05. The molecule has 0 atom stereocenters. The number of carbonyl (C=O) groups excluding carboxylic acids is 2. The molecule has 0 unspecified atom stereocenters. The van der Waals surface area contributed by atoms with Gasteiger partial charge in [-0.1, -0.05) is 0 Å². The van der Waals surface area contributed by atoms with Crippen molar-refractivity contribution in [1.29, 1.82) is 0 Å². The van der Waals surface area contributed by atoms with Gasteiger partial charge >= 0.3 is 0 Å². The van der Waals surface area contributed by atoms with Gasteiger partial charge in [-0.25, -0.2) is 0 Å². The van der Waals surface area contributed by atoms with E-state index < -0.39 is 5.41 Å². The van der Waals surface area contributed by atoms with E-state index in [1.165, 1.54) is 21.3 Å². The molecule has 1 aromatic carbocycles. The Hall–Kier alpha value is -2.44. The number of nitrogens with zero attached hydrogens (tertiary/aromatic N) is 1. The number of amides is 2. The minimum absolute atomic E-state index is 0.0464. The third-order valence-corrected chi connectivity index (χ3v) is 4.91. The maximum atomic E-state index is 12.8. The van der Waals surface area contributed by atoms with Crippen molar-refractivity contribution in [2.24, 2.45) is 5.41 Å². The molecule has 3 rings (SSSR count). The molecule has 0 bridgehead atoms. The molecule has 0 radical (unpaired) electrons. The van der Waals surface area contributed by atoms with Crippen LogP contribution in [0.4, 0.5) is 5.69 Å². The fraction of sp³-hybridized carbons (Fsp3) is 0.556. The first-order valence-electron chi connectivity index (χ1n) is 8.46. The van der Waals surface area contributed by atoms with E-state index in [1.807, 2.05) is 4.90 Å². The topological polar surface area (TPSA) is 77.1 Å². The summed E-state index contributed by atoms with van der Waals surface area (Å²) in [7, 11) is 4.55. The van der Waals surface area contributed by atoms with Crippen molar-refractivity contribution >= 4 is 17.5 Å². The molecule has 1 aliphatic heterocycles. The molecule has 1 aliphatic carbocycles. The van der Waals surface area contributed by atoms with E-state index in [4.69, 9.17) is 14.2 Å². The van der Waals surface area contributed by atoms with Gasteiger partial charge in [-0.05, 0) is 25.7 Å². The van der Waals surface area contributed by atoms with Crippen LogP contribution in [-0.4, -0.2) is 51.1 Å². The lowest BCUT2D eigenvalue weighted by atomic mass is 10.0. The van der Waals surface area contributed by atoms with Gasteiger partial charge in [0.1, 0.15) is 5.41 Å². The van der Waals surface area contributed by atoms with Crippen molar-refractivity contribution in [3.8, 4) is 17.2 Å². The maximum Gasteiger partial charge on any atom is 0.240 e. The Bertz CT molecular complexity index is 653. The van der Waals surface area contributed by atoms with Gasteiger partial charge in [-0.3, -0.25) is 9.59 Å². The quantitative estimate of drug-likeness (QED) is 0.796. The Morgan fingerprint density at radius 3 is 2.00 bits per heavy atom. The lowest BCUT2D eigenvalue weighted by molar-refractivity contribution is -0.141. The third-order valence-electron chi connectivity index (χ3n) is 4.91. The monoisotopic (exact) mass is 348 g/mol. The van der Waals surface area contributed by atoms with Crippen LogP contribution >= 0.6 is 0 Å². The molecule has 1 N–H and O–H groups in total. The number of nitrogens with one attached hydrogen (secondary N) is 1. The molecule has 2 amide bonds. The standard InChI is InChI=1S/C18H24N2O5/c1-23-13-10-12(11-14(24-2)15(13)25-3)19-16(21)18(6-7-18)17(22)20-8-4-5-9-20/h10-11H,4-9H2,1-3H3,(H,19,21). The first kappa shape index (κ1) is 17.4. The molecule has 1 saturated carbocycles. The molecule has 25 heavy (non-hydrogen) atoms. The van der Waals surface area contributed by atoms with E-state index >= 15 is 0 Å². The molecule has 2 fully saturated rings. The maximum absolute atomic E-state index is 12.8. The molecule has 1 saturated heterocycles. The number of likely N-dealkylation sites (tertiary alicyclic amines) is 1. The molecule has 2 aliphatic rings.